The van der Waals surface area contributed by atoms with E-state index in [1.54, 1.807) is 60.7 Å². The van der Waals surface area contributed by atoms with E-state index in [0.717, 1.165) is 10.2 Å². The van der Waals surface area contributed by atoms with E-state index in [1.165, 1.54) is 42.6 Å². The number of rotatable bonds is 8. The Morgan fingerprint density at radius 1 is 0.821 bits per heavy atom. The van der Waals surface area contributed by atoms with Gasteiger partial charge in [-0.05, 0) is 78.4 Å². The van der Waals surface area contributed by atoms with E-state index < -0.39 is 11.4 Å². The summed E-state index contributed by atoms with van der Waals surface area (Å²) in [7, 11) is 0. The fourth-order valence-corrected chi connectivity index (χ4v) is 3.75. The summed E-state index contributed by atoms with van der Waals surface area (Å²) in [4.78, 5) is 26.0. The molecule has 0 aliphatic rings. The molecule has 5 aromatic rings. The van der Waals surface area contributed by atoms with E-state index in [0.29, 0.717) is 22.7 Å². The maximum atomic E-state index is 13.5. The number of nitrogens with zero attached hydrogens (tertiary/aromatic N) is 2. The van der Waals surface area contributed by atoms with Crippen molar-refractivity contribution in [1.82, 2.24) is 15.1 Å². The van der Waals surface area contributed by atoms with Crippen LogP contribution in [-0.2, 0) is 6.54 Å². The van der Waals surface area contributed by atoms with Gasteiger partial charge in [-0.25, -0.2) is 8.78 Å². The highest BCUT2D eigenvalue weighted by atomic mass is 19.1. The minimum atomic E-state index is -0.517. The molecule has 9 heteroatoms. The van der Waals surface area contributed by atoms with Gasteiger partial charge in [0.25, 0.3) is 11.5 Å². The number of para-hydroxylation sites is 1. The Morgan fingerprint density at radius 2 is 1.46 bits per heavy atom. The Kier molecular flexibility index (Phi) is 7.40. The number of amides is 1. The molecular formula is C30H22F2N4O3. The van der Waals surface area contributed by atoms with Crippen LogP contribution >= 0.6 is 0 Å². The zero-order valence-corrected chi connectivity index (χ0v) is 20.5. The quantitative estimate of drug-likeness (QED) is 0.261. The molecule has 0 atom stereocenters. The molecule has 0 unspecified atom stereocenters. The summed E-state index contributed by atoms with van der Waals surface area (Å²) < 4.78 is 33.6. The largest absolute Gasteiger partial charge is 0.453 e. The lowest BCUT2D eigenvalue weighted by atomic mass is 10.1. The molecule has 0 radical (unpaired) electrons. The molecule has 0 saturated heterocycles. The first kappa shape index (κ1) is 25.3. The minimum Gasteiger partial charge on any atom is -0.453 e. The van der Waals surface area contributed by atoms with Crippen LogP contribution in [0.25, 0.3) is 5.69 Å². The van der Waals surface area contributed by atoms with Crippen LogP contribution in [0.4, 0.5) is 20.2 Å². The van der Waals surface area contributed by atoms with Crippen molar-refractivity contribution in [3.63, 3.8) is 0 Å². The fraction of sp³-hybridized carbons (Fsp3) is 0.0333. The summed E-state index contributed by atoms with van der Waals surface area (Å²) >= 11 is 0. The number of anilines is 2. The van der Waals surface area contributed by atoms with Crippen molar-refractivity contribution in [2.45, 2.75) is 6.54 Å². The topological polar surface area (TPSA) is 85.2 Å². The van der Waals surface area contributed by atoms with E-state index in [1.807, 2.05) is 6.07 Å². The third-order valence-corrected chi connectivity index (χ3v) is 5.77. The number of halogens is 2. The summed E-state index contributed by atoms with van der Waals surface area (Å²) in [6.45, 7) is 0.249. The summed E-state index contributed by atoms with van der Waals surface area (Å²) in [6, 6.07) is 26.7. The standard InChI is InChI=1S/C30H22F2N4O3/c31-22-10-6-20(7-11-22)18-33-29(37)21-8-14-24(15-9-21)35-28-27(39-26-4-2-1-3-5-26)19-34-36(30(28)38)25-16-12-23(32)13-17-25/h1-17,19,35H,18H2,(H,33,37). The van der Waals surface area contributed by atoms with Gasteiger partial charge in [0, 0.05) is 17.8 Å². The number of aromatic nitrogens is 2. The van der Waals surface area contributed by atoms with Crippen LogP contribution in [0.1, 0.15) is 15.9 Å². The van der Waals surface area contributed by atoms with Gasteiger partial charge in [0.05, 0.1) is 11.9 Å². The van der Waals surface area contributed by atoms with E-state index >= 15 is 0 Å². The molecule has 0 aliphatic carbocycles. The molecule has 4 aromatic carbocycles. The number of carbonyl (C=O) groups excluding carboxylic acids is 1. The molecule has 0 fully saturated rings. The lowest BCUT2D eigenvalue weighted by Crippen LogP contribution is -2.24. The Labute approximate surface area is 222 Å². The van der Waals surface area contributed by atoms with Crippen molar-refractivity contribution in [2.75, 3.05) is 5.32 Å². The molecule has 39 heavy (non-hydrogen) atoms. The second-order valence-electron chi connectivity index (χ2n) is 8.50. The number of hydrogen-bond acceptors (Lipinski definition) is 5. The molecule has 5 rings (SSSR count). The summed E-state index contributed by atoms with van der Waals surface area (Å²) in [5, 5.41) is 10.1. The van der Waals surface area contributed by atoms with Gasteiger partial charge >= 0.3 is 0 Å². The molecule has 0 saturated carbocycles. The van der Waals surface area contributed by atoms with Crippen LogP contribution in [0.3, 0.4) is 0 Å². The first-order chi connectivity index (χ1) is 19.0. The first-order valence-corrected chi connectivity index (χ1v) is 12.0. The smallest absolute Gasteiger partial charge is 0.299 e. The van der Waals surface area contributed by atoms with Crippen LogP contribution in [-0.4, -0.2) is 15.7 Å². The van der Waals surface area contributed by atoms with E-state index in [9.17, 15) is 18.4 Å². The summed E-state index contributed by atoms with van der Waals surface area (Å²) in [5.41, 5.74) is 1.66. The molecule has 7 nitrogen and oxygen atoms in total. The Hall–Kier alpha value is -5.31. The van der Waals surface area contributed by atoms with Gasteiger partial charge in [0.2, 0.25) is 0 Å². The van der Waals surface area contributed by atoms with Crippen molar-refractivity contribution in [2.24, 2.45) is 0 Å². The van der Waals surface area contributed by atoms with Gasteiger partial charge in [-0.2, -0.15) is 9.78 Å². The Bertz CT molecular complexity index is 1640. The van der Waals surface area contributed by atoms with Gasteiger partial charge < -0.3 is 15.4 Å². The number of carbonyl (C=O) groups is 1. The van der Waals surface area contributed by atoms with E-state index in [4.69, 9.17) is 4.74 Å². The number of hydrogen-bond donors (Lipinski definition) is 2. The molecule has 0 bridgehead atoms. The maximum absolute atomic E-state index is 13.5. The minimum absolute atomic E-state index is 0.103. The van der Waals surface area contributed by atoms with Crippen LogP contribution < -0.4 is 20.9 Å². The third-order valence-electron chi connectivity index (χ3n) is 5.77. The predicted molar refractivity (Wildman–Crippen MR) is 144 cm³/mol. The summed E-state index contributed by atoms with van der Waals surface area (Å²) in [5.74, 6) is -0.387. The number of nitrogens with one attached hydrogen (secondary N) is 2. The highest BCUT2D eigenvalue weighted by molar-refractivity contribution is 5.94. The van der Waals surface area contributed by atoms with Gasteiger partial charge in [-0.15, -0.1) is 0 Å². The molecule has 1 amide bonds. The first-order valence-electron chi connectivity index (χ1n) is 12.0. The molecule has 1 heterocycles. The van der Waals surface area contributed by atoms with Crippen molar-refractivity contribution in [3.8, 4) is 17.2 Å². The average molecular weight is 525 g/mol. The van der Waals surface area contributed by atoms with Crippen LogP contribution in [0.5, 0.6) is 11.5 Å². The number of benzene rings is 4. The van der Waals surface area contributed by atoms with Gasteiger partial charge in [-0.3, -0.25) is 9.59 Å². The van der Waals surface area contributed by atoms with E-state index in [2.05, 4.69) is 15.7 Å². The van der Waals surface area contributed by atoms with Crippen molar-refractivity contribution in [3.05, 3.63) is 142 Å². The molecular weight excluding hydrogens is 502 g/mol. The van der Waals surface area contributed by atoms with Crippen molar-refractivity contribution < 1.29 is 18.3 Å². The second-order valence-corrected chi connectivity index (χ2v) is 8.50. The number of ether oxygens (including phenoxy) is 1. The molecule has 2 N–H and O–H groups in total. The highest BCUT2D eigenvalue weighted by Crippen LogP contribution is 2.29. The molecule has 0 spiro atoms. The lowest BCUT2D eigenvalue weighted by molar-refractivity contribution is 0.0951. The second kappa shape index (κ2) is 11.4. The monoisotopic (exact) mass is 524 g/mol. The van der Waals surface area contributed by atoms with Crippen LogP contribution in [0.2, 0.25) is 0 Å². The molecule has 1 aromatic heterocycles. The SMILES string of the molecule is O=C(NCc1ccc(F)cc1)c1ccc(Nc2c(Oc3ccccc3)cnn(-c3ccc(F)cc3)c2=O)cc1. The van der Waals surface area contributed by atoms with Gasteiger partial charge in [-0.1, -0.05) is 30.3 Å². The summed E-state index contributed by atoms with van der Waals surface area (Å²) in [6.07, 6.45) is 1.40. The van der Waals surface area contributed by atoms with Crippen LogP contribution in [0.15, 0.2) is 114 Å². The molecule has 194 valence electrons. The molecule has 0 aliphatic heterocycles. The average Bonchev–Trinajstić information content (AvgIpc) is 2.96. The zero-order chi connectivity index (χ0) is 27.2. The van der Waals surface area contributed by atoms with Crippen molar-refractivity contribution >= 4 is 17.3 Å². The predicted octanol–water partition coefficient (Wildman–Crippen LogP) is 5.98. The maximum Gasteiger partial charge on any atom is 0.299 e. The highest BCUT2D eigenvalue weighted by Gasteiger charge is 2.16. The van der Waals surface area contributed by atoms with Gasteiger partial charge in [0.1, 0.15) is 17.4 Å². The van der Waals surface area contributed by atoms with Crippen LogP contribution in [0, 0.1) is 11.6 Å². The lowest BCUT2D eigenvalue weighted by Gasteiger charge is -2.15. The van der Waals surface area contributed by atoms with E-state index in [-0.39, 0.29) is 29.7 Å². The zero-order valence-electron chi connectivity index (χ0n) is 20.5. The third kappa shape index (κ3) is 6.16. The Morgan fingerprint density at radius 3 is 2.13 bits per heavy atom. The normalized spacial score (nSPS) is 10.6. The van der Waals surface area contributed by atoms with Crippen molar-refractivity contribution in [1.29, 1.82) is 0 Å². The van der Waals surface area contributed by atoms with Gasteiger partial charge in [0.15, 0.2) is 11.4 Å². The Balaban J connectivity index is 1.39. The fourth-order valence-electron chi connectivity index (χ4n) is 3.75.